The van der Waals surface area contributed by atoms with Crippen molar-refractivity contribution < 1.29 is 9.21 Å². The number of hydrogen-bond acceptors (Lipinski definition) is 6. The van der Waals surface area contributed by atoms with Crippen molar-refractivity contribution in [1.29, 1.82) is 0 Å². The molecule has 0 bridgehead atoms. The van der Waals surface area contributed by atoms with Crippen LogP contribution < -0.4 is 11.1 Å². The minimum Gasteiger partial charge on any atom is -0.414 e. The number of carbonyl (C=O) groups excluding carboxylic acids is 1. The third-order valence-electron chi connectivity index (χ3n) is 3.96. The molecule has 0 fully saturated rings. The van der Waals surface area contributed by atoms with Crippen LogP contribution in [0.4, 0.5) is 5.69 Å². The van der Waals surface area contributed by atoms with Crippen LogP contribution in [0.15, 0.2) is 33.9 Å². The molecule has 1 aromatic heterocycles. The lowest BCUT2D eigenvalue weighted by Crippen LogP contribution is -2.18. The highest BCUT2D eigenvalue weighted by Crippen LogP contribution is 2.24. The number of thioether (sulfide) groups is 1. The van der Waals surface area contributed by atoms with E-state index in [1.165, 1.54) is 11.8 Å². The van der Waals surface area contributed by atoms with Crippen molar-refractivity contribution in [3.05, 3.63) is 35.7 Å². The molecule has 1 aromatic carbocycles. The average Bonchev–Trinajstić information content (AvgIpc) is 3.08. The van der Waals surface area contributed by atoms with E-state index in [1.54, 1.807) is 0 Å². The number of nitrogens with zero attached hydrogens (tertiary/aromatic N) is 2. The van der Waals surface area contributed by atoms with Crippen LogP contribution in [-0.4, -0.2) is 21.9 Å². The monoisotopic (exact) mass is 348 g/mol. The Kier molecular flexibility index (Phi) is 6.81. The summed E-state index contributed by atoms with van der Waals surface area (Å²) >= 11 is 1.21. The summed E-state index contributed by atoms with van der Waals surface area (Å²) in [6.45, 7) is 6.16. The highest BCUT2D eigenvalue weighted by molar-refractivity contribution is 7.99. The molecular formula is C17H24N4O2S. The van der Waals surface area contributed by atoms with Gasteiger partial charge in [0.2, 0.25) is 11.8 Å². The number of anilines is 1. The largest absolute Gasteiger partial charge is 0.414 e. The number of aryl methyl sites for hydroxylation is 1. The minimum absolute atomic E-state index is 0.105. The van der Waals surface area contributed by atoms with Crippen LogP contribution >= 0.6 is 11.8 Å². The predicted octanol–water partition coefficient (Wildman–Crippen LogP) is 3.41. The van der Waals surface area contributed by atoms with Crippen molar-refractivity contribution in [2.75, 3.05) is 11.1 Å². The Balaban J connectivity index is 1.89. The van der Waals surface area contributed by atoms with E-state index < -0.39 is 0 Å². The van der Waals surface area contributed by atoms with Crippen LogP contribution in [0.2, 0.25) is 0 Å². The first-order valence-corrected chi connectivity index (χ1v) is 9.13. The Hall–Kier alpha value is -1.86. The minimum atomic E-state index is -0.276. The van der Waals surface area contributed by atoms with E-state index in [1.807, 2.05) is 31.2 Å². The number of rotatable bonds is 8. The number of carbonyl (C=O) groups is 1. The lowest BCUT2D eigenvalue weighted by Gasteiger charge is -2.13. The van der Waals surface area contributed by atoms with Gasteiger partial charge in [-0.05, 0) is 24.0 Å². The van der Waals surface area contributed by atoms with Crippen molar-refractivity contribution >= 4 is 23.4 Å². The summed E-state index contributed by atoms with van der Waals surface area (Å²) in [6.07, 6.45) is 1.80. The quantitative estimate of drug-likeness (QED) is 0.710. The molecular weight excluding hydrogens is 324 g/mol. The second-order valence-corrected chi connectivity index (χ2v) is 6.59. The maximum Gasteiger partial charge on any atom is 0.277 e. The van der Waals surface area contributed by atoms with Gasteiger partial charge in [-0.2, -0.15) is 0 Å². The molecule has 0 aliphatic heterocycles. The molecule has 2 rings (SSSR count). The maximum absolute atomic E-state index is 12.1. The highest BCUT2D eigenvalue weighted by atomic mass is 32.2. The Morgan fingerprint density at radius 3 is 2.79 bits per heavy atom. The summed E-state index contributed by atoms with van der Waals surface area (Å²) in [5, 5.41) is 11.2. The van der Waals surface area contributed by atoms with Gasteiger partial charge >= 0.3 is 0 Å². The number of para-hydroxylation sites is 1. The molecule has 3 N–H and O–H groups in total. The lowest BCUT2D eigenvalue weighted by atomic mass is 10.0. The van der Waals surface area contributed by atoms with Gasteiger partial charge in [0.05, 0.1) is 11.8 Å². The zero-order chi connectivity index (χ0) is 17.5. The van der Waals surface area contributed by atoms with Gasteiger partial charge in [-0.3, -0.25) is 4.79 Å². The fourth-order valence-electron chi connectivity index (χ4n) is 2.17. The average molecular weight is 348 g/mol. The normalized spacial score (nSPS) is 13.5. The number of hydrogen-bond donors (Lipinski definition) is 2. The van der Waals surface area contributed by atoms with E-state index in [-0.39, 0.29) is 23.6 Å². The molecule has 1 heterocycles. The fraction of sp³-hybridized carbons (Fsp3) is 0.471. The molecule has 0 spiro atoms. The van der Waals surface area contributed by atoms with Gasteiger partial charge in [0.1, 0.15) is 0 Å². The smallest absolute Gasteiger partial charge is 0.277 e. The molecule has 0 aliphatic rings. The molecule has 0 unspecified atom stereocenters. The van der Waals surface area contributed by atoms with E-state index in [0.717, 1.165) is 24.1 Å². The Morgan fingerprint density at radius 2 is 2.08 bits per heavy atom. The molecule has 1 amide bonds. The van der Waals surface area contributed by atoms with Gasteiger partial charge in [0.25, 0.3) is 5.22 Å². The molecule has 0 aliphatic carbocycles. The number of aromatic nitrogens is 2. The third kappa shape index (κ3) is 4.82. The summed E-state index contributed by atoms with van der Waals surface area (Å²) in [7, 11) is 0. The Morgan fingerprint density at radius 1 is 1.33 bits per heavy atom. The van der Waals surface area contributed by atoms with Crippen LogP contribution in [0.5, 0.6) is 0 Å². The van der Waals surface area contributed by atoms with Gasteiger partial charge in [0.15, 0.2) is 0 Å². The number of benzene rings is 1. The molecule has 2 aromatic rings. The topological polar surface area (TPSA) is 94.0 Å². The van der Waals surface area contributed by atoms with Crippen LogP contribution in [0.25, 0.3) is 0 Å². The molecule has 0 saturated carbocycles. The Bertz CT molecular complexity index is 674. The van der Waals surface area contributed by atoms with Crippen LogP contribution in [0.3, 0.4) is 0 Å². The van der Waals surface area contributed by atoms with Gasteiger partial charge in [0, 0.05) is 5.69 Å². The zero-order valence-electron chi connectivity index (χ0n) is 14.3. The van der Waals surface area contributed by atoms with E-state index in [4.69, 9.17) is 10.2 Å². The molecule has 6 nitrogen and oxygen atoms in total. The molecule has 130 valence electrons. The predicted molar refractivity (Wildman–Crippen MR) is 95.9 cm³/mol. The van der Waals surface area contributed by atoms with Crippen molar-refractivity contribution in [3.8, 4) is 0 Å². The lowest BCUT2D eigenvalue weighted by molar-refractivity contribution is -0.113. The molecule has 24 heavy (non-hydrogen) atoms. The summed E-state index contributed by atoms with van der Waals surface area (Å²) in [6, 6.07) is 7.49. The van der Waals surface area contributed by atoms with Crippen LogP contribution in [0, 0.1) is 5.92 Å². The molecule has 2 atom stereocenters. The fourth-order valence-corrected chi connectivity index (χ4v) is 2.74. The summed E-state index contributed by atoms with van der Waals surface area (Å²) in [5.41, 5.74) is 8.02. The Labute approximate surface area is 146 Å². The van der Waals surface area contributed by atoms with Crippen molar-refractivity contribution in [1.82, 2.24) is 10.2 Å². The van der Waals surface area contributed by atoms with E-state index >= 15 is 0 Å². The first-order valence-electron chi connectivity index (χ1n) is 8.14. The van der Waals surface area contributed by atoms with Gasteiger partial charge in [-0.1, -0.05) is 57.2 Å². The maximum atomic E-state index is 12.1. The van der Waals surface area contributed by atoms with Crippen molar-refractivity contribution in [2.45, 2.75) is 44.9 Å². The van der Waals surface area contributed by atoms with Crippen molar-refractivity contribution in [3.63, 3.8) is 0 Å². The second kappa shape index (κ2) is 8.84. The summed E-state index contributed by atoms with van der Waals surface area (Å²) < 4.78 is 5.55. The third-order valence-corrected chi connectivity index (χ3v) is 4.78. The van der Waals surface area contributed by atoms with Gasteiger partial charge in [-0.25, -0.2) is 0 Å². The standard InChI is InChI=1S/C17H24N4O2S/c1-4-11(3)15(18)16-20-21-17(23-16)24-10-14(22)19-13-9-7-6-8-12(13)5-2/h6-9,11,15H,4-5,10,18H2,1-3H3,(H,19,22)/t11-,15+/m1/s1. The summed E-state index contributed by atoms with van der Waals surface area (Å²) in [4.78, 5) is 12.1. The van der Waals surface area contributed by atoms with Gasteiger partial charge < -0.3 is 15.5 Å². The van der Waals surface area contributed by atoms with E-state index in [2.05, 4.69) is 29.4 Å². The summed E-state index contributed by atoms with van der Waals surface area (Å²) in [5.74, 6) is 0.783. The van der Waals surface area contributed by atoms with E-state index in [0.29, 0.717) is 11.1 Å². The first kappa shape index (κ1) is 18.5. The molecule has 0 radical (unpaired) electrons. The first-order chi connectivity index (χ1) is 11.5. The van der Waals surface area contributed by atoms with Crippen LogP contribution in [0.1, 0.15) is 44.7 Å². The van der Waals surface area contributed by atoms with E-state index in [9.17, 15) is 4.79 Å². The SMILES string of the molecule is CCc1ccccc1NC(=O)CSc1nnc([C@@H](N)[C@H](C)CC)o1. The number of amides is 1. The van der Waals surface area contributed by atoms with Crippen molar-refractivity contribution in [2.24, 2.45) is 11.7 Å². The van der Waals surface area contributed by atoms with Crippen LogP contribution in [-0.2, 0) is 11.2 Å². The highest BCUT2D eigenvalue weighted by Gasteiger charge is 2.20. The zero-order valence-corrected chi connectivity index (χ0v) is 15.1. The molecule has 7 heteroatoms. The second-order valence-electron chi connectivity index (χ2n) is 5.67. The number of nitrogens with two attached hydrogens (primary N) is 1. The molecule has 0 saturated heterocycles. The number of nitrogens with one attached hydrogen (secondary N) is 1. The van der Waals surface area contributed by atoms with Gasteiger partial charge in [-0.15, -0.1) is 10.2 Å².